The molecule has 176 valence electrons. The number of ether oxygens (including phenoxy) is 2. The van der Waals surface area contributed by atoms with Crippen molar-refractivity contribution in [1.29, 1.82) is 0 Å². The van der Waals surface area contributed by atoms with Gasteiger partial charge in [0.25, 0.3) is 0 Å². The Morgan fingerprint density at radius 3 is 2.24 bits per heavy atom. The van der Waals surface area contributed by atoms with Crippen LogP contribution in [0.2, 0.25) is 0 Å². The molecule has 0 bridgehead atoms. The fourth-order valence-electron chi connectivity index (χ4n) is 3.26. The second kappa shape index (κ2) is 12.5. The number of phenols is 1. The number of methoxy groups -OCH3 is 1. The highest BCUT2D eigenvalue weighted by Crippen LogP contribution is 2.28. The quantitative estimate of drug-likeness (QED) is 0.349. The van der Waals surface area contributed by atoms with Gasteiger partial charge in [-0.25, -0.2) is 0 Å². The average Bonchev–Trinajstić information content (AvgIpc) is 2.78. The molecule has 0 saturated heterocycles. The van der Waals surface area contributed by atoms with E-state index in [9.17, 15) is 14.7 Å². The van der Waals surface area contributed by atoms with Crippen LogP contribution >= 0.6 is 0 Å². The third kappa shape index (κ3) is 7.83. The molecule has 0 aliphatic heterocycles. The zero-order valence-electron chi connectivity index (χ0n) is 20.0. The van der Waals surface area contributed by atoms with Gasteiger partial charge >= 0.3 is 0 Å². The fourth-order valence-corrected chi connectivity index (χ4v) is 3.26. The van der Waals surface area contributed by atoms with Crippen LogP contribution in [-0.2, 0) is 9.59 Å². The van der Waals surface area contributed by atoms with Crippen molar-refractivity contribution in [3.63, 3.8) is 0 Å². The maximum absolute atomic E-state index is 12.3. The summed E-state index contributed by atoms with van der Waals surface area (Å²) < 4.78 is 11.0. The molecule has 0 heterocycles. The Kier molecular flexibility index (Phi) is 9.73. The lowest BCUT2D eigenvalue weighted by atomic mass is 10.1. The molecule has 0 spiro atoms. The molecule has 0 unspecified atom stereocenters. The maximum atomic E-state index is 12.3. The zero-order valence-corrected chi connectivity index (χ0v) is 20.0. The molecule has 0 fully saturated rings. The van der Waals surface area contributed by atoms with Crippen molar-refractivity contribution >= 4 is 29.4 Å². The van der Waals surface area contributed by atoms with E-state index in [-0.39, 0.29) is 29.8 Å². The van der Waals surface area contributed by atoms with Crippen molar-refractivity contribution < 1.29 is 24.2 Å². The molecule has 0 amide bonds. The Hall–Kier alpha value is -3.54. The molecular weight excluding hydrogens is 418 g/mol. The van der Waals surface area contributed by atoms with E-state index in [0.29, 0.717) is 17.1 Å². The van der Waals surface area contributed by atoms with Crippen LogP contribution in [0.15, 0.2) is 48.6 Å². The predicted octanol–water partition coefficient (Wildman–Crippen LogP) is 5.29. The molecule has 6 nitrogen and oxygen atoms in total. The van der Waals surface area contributed by atoms with E-state index in [0.717, 1.165) is 24.3 Å². The second-order valence-electron chi connectivity index (χ2n) is 7.77. The van der Waals surface area contributed by atoms with Crippen LogP contribution in [0.25, 0.3) is 12.2 Å². The van der Waals surface area contributed by atoms with E-state index < -0.39 is 0 Å². The van der Waals surface area contributed by atoms with Gasteiger partial charge in [0, 0.05) is 30.4 Å². The van der Waals surface area contributed by atoms with Crippen LogP contribution in [0.3, 0.4) is 0 Å². The summed E-state index contributed by atoms with van der Waals surface area (Å²) >= 11 is 0. The average molecular weight is 452 g/mol. The molecule has 0 aliphatic carbocycles. The molecular formula is C27H33NO5. The number of ketones is 2. The number of allylic oxidation sites excluding steroid dienone is 2. The Morgan fingerprint density at radius 1 is 0.970 bits per heavy atom. The molecule has 6 heteroatoms. The highest BCUT2D eigenvalue weighted by Gasteiger charge is 2.10. The first-order valence-corrected chi connectivity index (χ1v) is 11.1. The van der Waals surface area contributed by atoms with E-state index in [2.05, 4.69) is 18.7 Å². The van der Waals surface area contributed by atoms with Gasteiger partial charge in [-0.2, -0.15) is 0 Å². The van der Waals surface area contributed by atoms with E-state index >= 15 is 0 Å². The monoisotopic (exact) mass is 451 g/mol. The molecule has 0 aliphatic rings. The summed E-state index contributed by atoms with van der Waals surface area (Å²) in [6.45, 7) is 9.88. The summed E-state index contributed by atoms with van der Waals surface area (Å²) in [7, 11) is 1.45. The topological polar surface area (TPSA) is 76.1 Å². The number of carbonyl (C=O) groups is 2. The minimum Gasteiger partial charge on any atom is -0.504 e. The lowest BCUT2D eigenvalue weighted by Crippen LogP contribution is -2.21. The first kappa shape index (κ1) is 25.7. The van der Waals surface area contributed by atoms with Gasteiger partial charge in [0.1, 0.15) is 5.75 Å². The predicted molar refractivity (Wildman–Crippen MR) is 133 cm³/mol. The Balaban J connectivity index is 2.08. The minimum absolute atomic E-state index is 0.00922. The largest absolute Gasteiger partial charge is 0.504 e. The molecule has 2 rings (SSSR count). The number of nitrogens with zero attached hydrogens (tertiary/aromatic N) is 1. The Morgan fingerprint density at radius 2 is 1.64 bits per heavy atom. The summed E-state index contributed by atoms with van der Waals surface area (Å²) in [5.74, 6) is 0.428. The first-order valence-electron chi connectivity index (χ1n) is 11.1. The first-order chi connectivity index (χ1) is 15.8. The van der Waals surface area contributed by atoms with Crippen LogP contribution in [0.5, 0.6) is 17.2 Å². The minimum atomic E-state index is -0.313. The van der Waals surface area contributed by atoms with Gasteiger partial charge < -0.3 is 19.5 Å². The highest BCUT2D eigenvalue weighted by molar-refractivity contribution is 6.11. The SMILES string of the molecule is CCN(CC)c1ccc(C=CC(=O)CC(=O)C=Cc2ccc(O)c(OC)c2)c(OC(C)C)c1. The van der Waals surface area contributed by atoms with Gasteiger partial charge in [-0.15, -0.1) is 0 Å². The van der Waals surface area contributed by atoms with Crippen molar-refractivity contribution in [1.82, 2.24) is 0 Å². The number of phenolic OH excluding ortho intramolecular Hbond substituents is 1. The number of hydrogen-bond donors (Lipinski definition) is 1. The molecule has 0 radical (unpaired) electrons. The van der Waals surface area contributed by atoms with Crippen LogP contribution in [0.4, 0.5) is 5.69 Å². The summed E-state index contributed by atoms with van der Waals surface area (Å²) in [6.07, 6.45) is 5.79. The fraction of sp³-hybridized carbons (Fsp3) is 0.333. The molecule has 2 aromatic carbocycles. The van der Waals surface area contributed by atoms with Crippen molar-refractivity contribution in [2.24, 2.45) is 0 Å². The van der Waals surface area contributed by atoms with Gasteiger partial charge in [-0.05, 0) is 75.8 Å². The molecule has 0 atom stereocenters. The lowest BCUT2D eigenvalue weighted by Gasteiger charge is -2.23. The van der Waals surface area contributed by atoms with Gasteiger partial charge in [0.05, 0.1) is 19.6 Å². The number of carbonyl (C=O) groups excluding carboxylic acids is 2. The standard InChI is InChI=1S/C27H33NO5/c1-6-28(7-2)22-12-10-21(26(17-22)33-19(3)4)11-14-24(30)18-23(29)13-8-20-9-15-25(31)27(16-20)32-5/h8-17,19,31H,6-7,18H2,1-5H3. The number of aromatic hydroxyl groups is 1. The number of anilines is 1. The normalized spacial score (nSPS) is 11.3. The third-order valence-corrected chi connectivity index (χ3v) is 4.95. The van der Waals surface area contributed by atoms with Crippen LogP contribution in [-0.4, -0.2) is 43.0 Å². The maximum Gasteiger partial charge on any atom is 0.163 e. The Bertz CT molecular complexity index is 1020. The van der Waals surface area contributed by atoms with Crippen molar-refractivity contribution in [2.75, 3.05) is 25.1 Å². The molecule has 33 heavy (non-hydrogen) atoms. The van der Waals surface area contributed by atoms with Gasteiger partial charge in [-0.1, -0.05) is 12.1 Å². The second-order valence-corrected chi connectivity index (χ2v) is 7.77. The van der Waals surface area contributed by atoms with E-state index in [1.807, 2.05) is 32.0 Å². The number of hydrogen-bond acceptors (Lipinski definition) is 6. The summed E-state index contributed by atoms with van der Waals surface area (Å²) in [4.78, 5) is 26.8. The molecule has 1 N–H and O–H groups in total. The molecule has 0 saturated carbocycles. The van der Waals surface area contributed by atoms with Crippen molar-refractivity contribution in [3.8, 4) is 17.2 Å². The van der Waals surface area contributed by atoms with Crippen LogP contribution in [0.1, 0.15) is 45.2 Å². The molecule has 2 aromatic rings. The smallest absolute Gasteiger partial charge is 0.163 e. The third-order valence-electron chi connectivity index (χ3n) is 4.95. The van der Waals surface area contributed by atoms with E-state index in [4.69, 9.17) is 9.47 Å². The zero-order chi connectivity index (χ0) is 24.4. The van der Waals surface area contributed by atoms with Crippen LogP contribution < -0.4 is 14.4 Å². The van der Waals surface area contributed by atoms with Crippen LogP contribution in [0, 0.1) is 0 Å². The van der Waals surface area contributed by atoms with E-state index in [1.54, 1.807) is 24.3 Å². The van der Waals surface area contributed by atoms with Gasteiger partial charge in [0.2, 0.25) is 0 Å². The number of rotatable bonds is 12. The summed E-state index contributed by atoms with van der Waals surface area (Å²) in [5.41, 5.74) is 2.53. The number of benzene rings is 2. The lowest BCUT2D eigenvalue weighted by molar-refractivity contribution is -0.121. The Labute approximate surface area is 196 Å². The molecule has 0 aromatic heterocycles. The van der Waals surface area contributed by atoms with Gasteiger partial charge in [-0.3, -0.25) is 9.59 Å². The summed E-state index contributed by atoms with van der Waals surface area (Å²) in [6, 6.07) is 10.7. The highest BCUT2D eigenvalue weighted by atomic mass is 16.5. The van der Waals surface area contributed by atoms with Gasteiger partial charge in [0.15, 0.2) is 23.1 Å². The van der Waals surface area contributed by atoms with Crippen molar-refractivity contribution in [2.45, 2.75) is 40.2 Å². The van der Waals surface area contributed by atoms with Crippen molar-refractivity contribution in [3.05, 3.63) is 59.7 Å². The van der Waals surface area contributed by atoms with E-state index in [1.165, 1.54) is 25.3 Å². The summed E-state index contributed by atoms with van der Waals surface area (Å²) in [5, 5.41) is 9.64.